The van der Waals surface area contributed by atoms with Crippen molar-refractivity contribution in [2.45, 2.75) is 12.3 Å². The van der Waals surface area contributed by atoms with Crippen molar-refractivity contribution in [1.29, 1.82) is 0 Å². The number of hydrogen-bond donors (Lipinski definition) is 0. The Morgan fingerprint density at radius 3 is 2.67 bits per heavy atom. The van der Waals surface area contributed by atoms with Crippen molar-refractivity contribution < 1.29 is 0 Å². The van der Waals surface area contributed by atoms with Gasteiger partial charge in [0.25, 0.3) is 0 Å². The maximum Gasteiger partial charge on any atom is 0.103 e. The minimum atomic E-state index is -0.132. The fourth-order valence-electron chi connectivity index (χ4n) is 1.22. The van der Waals surface area contributed by atoms with E-state index in [4.69, 9.17) is 23.2 Å². The molecule has 2 aromatic heterocycles. The van der Waals surface area contributed by atoms with Crippen LogP contribution in [0.3, 0.4) is 0 Å². The molecule has 0 aliphatic rings. The molecule has 0 N–H and O–H groups in total. The number of aryl methyl sites for hydroxylation is 1. The van der Waals surface area contributed by atoms with E-state index in [0.717, 1.165) is 19.2 Å². The summed E-state index contributed by atoms with van der Waals surface area (Å²) in [6.07, 6.45) is 0. The molecule has 0 saturated heterocycles. The van der Waals surface area contributed by atoms with Crippen molar-refractivity contribution in [2.75, 3.05) is 0 Å². The molecule has 2 rings (SSSR count). The molecule has 0 aliphatic heterocycles. The molecule has 0 bridgehead atoms. The summed E-state index contributed by atoms with van der Waals surface area (Å²) in [5, 5.41) is 2.58. The summed E-state index contributed by atoms with van der Waals surface area (Å²) in [5.41, 5.74) is 0. The van der Waals surface area contributed by atoms with Gasteiger partial charge in [0.05, 0.1) is 5.02 Å². The van der Waals surface area contributed by atoms with Gasteiger partial charge in [0.15, 0.2) is 0 Å². The van der Waals surface area contributed by atoms with E-state index >= 15 is 0 Å². The van der Waals surface area contributed by atoms with Crippen LogP contribution in [0, 0.1) is 6.92 Å². The van der Waals surface area contributed by atoms with Crippen molar-refractivity contribution in [1.82, 2.24) is 0 Å². The van der Waals surface area contributed by atoms with Gasteiger partial charge in [-0.05, 0) is 40.4 Å². The third-order valence-electron chi connectivity index (χ3n) is 2.00. The molecular formula is C10H7BrCl2S2. The Morgan fingerprint density at radius 1 is 1.47 bits per heavy atom. The summed E-state index contributed by atoms with van der Waals surface area (Å²) in [4.78, 5) is 3.39. The molecule has 0 saturated carbocycles. The van der Waals surface area contributed by atoms with Gasteiger partial charge in [0.2, 0.25) is 0 Å². The average Bonchev–Trinajstić information content (AvgIpc) is 2.74. The SMILES string of the molecule is Cc1sc(C(Cl)c2sccc2Cl)cc1Br. The third kappa shape index (κ3) is 2.42. The largest absolute Gasteiger partial charge is 0.145 e. The third-order valence-corrected chi connectivity index (χ3v) is 6.34. The molecule has 5 heteroatoms. The van der Waals surface area contributed by atoms with E-state index in [1.165, 1.54) is 4.88 Å². The predicted octanol–water partition coefficient (Wildman–Crippen LogP) is 5.86. The molecule has 2 aromatic rings. The zero-order valence-corrected chi connectivity index (χ0v) is 12.5. The van der Waals surface area contributed by atoms with E-state index in [9.17, 15) is 0 Å². The lowest BCUT2D eigenvalue weighted by atomic mass is 10.3. The maximum absolute atomic E-state index is 6.38. The zero-order chi connectivity index (χ0) is 11.0. The maximum atomic E-state index is 6.38. The van der Waals surface area contributed by atoms with Gasteiger partial charge in [-0.25, -0.2) is 0 Å². The first-order valence-electron chi connectivity index (χ1n) is 4.22. The molecule has 80 valence electrons. The number of thiophene rings is 2. The Hall–Kier alpha value is 0.460. The second kappa shape index (κ2) is 4.76. The fraction of sp³-hybridized carbons (Fsp3) is 0.200. The van der Waals surface area contributed by atoms with Gasteiger partial charge in [0.1, 0.15) is 5.38 Å². The minimum Gasteiger partial charge on any atom is -0.145 e. The Labute approximate surface area is 115 Å². The van der Waals surface area contributed by atoms with Crippen molar-refractivity contribution >= 4 is 61.8 Å². The van der Waals surface area contributed by atoms with Crippen LogP contribution in [0.15, 0.2) is 22.0 Å². The number of halogens is 3. The van der Waals surface area contributed by atoms with E-state index in [2.05, 4.69) is 28.9 Å². The van der Waals surface area contributed by atoms with E-state index in [-0.39, 0.29) is 5.38 Å². The first-order chi connectivity index (χ1) is 7.09. The normalized spacial score (nSPS) is 13.1. The van der Waals surface area contributed by atoms with E-state index in [1.54, 1.807) is 22.7 Å². The van der Waals surface area contributed by atoms with Crippen LogP contribution < -0.4 is 0 Å². The highest BCUT2D eigenvalue weighted by Crippen LogP contribution is 2.41. The molecule has 1 unspecified atom stereocenters. The number of alkyl halides is 1. The van der Waals surface area contributed by atoms with Crippen LogP contribution in [0.25, 0.3) is 0 Å². The van der Waals surface area contributed by atoms with Crippen molar-refractivity contribution in [2.24, 2.45) is 0 Å². The summed E-state index contributed by atoms with van der Waals surface area (Å²) in [5.74, 6) is 0. The van der Waals surface area contributed by atoms with Gasteiger partial charge < -0.3 is 0 Å². The minimum absolute atomic E-state index is 0.132. The highest BCUT2D eigenvalue weighted by molar-refractivity contribution is 9.10. The van der Waals surface area contributed by atoms with Crippen LogP contribution in [-0.4, -0.2) is 0 Å². The molecule has 0 amide bonds. The summed E-state index contributed by atoms with van der Waals surface area (Å²) in [6.45, 7) is 2.07. The Balaban J connectivity index is 2.36. The second-order valence-electron chi connectivity index (χ2n) is 3.05. The van der Waals surface area contributed by atoms with Gasteiger partial charge >= 0.3 is 0 Å². The lowest BCUT2D eigenvalue weighted by molar-refractivity contribution is 1.24. The fourth-order valence-corrected chi connectivity index (χ4v) is 4.53. The van der Waals surface area contributed by atoms with Gasteiger partial charge in [-0.1, -0.05) is 11.6 Å². The summed E-state index contributed by atoms with van der Waals surface area (Å²) in [7, 11) is 0. The van der Waals surface area contributed by atoms with E-state index in [1.807, 2.05) is 11.4 Å². The van der Waals surface area contributed by atoms with Crippen LogP contribution >= 0.6 is 61.8 Å². The molecule has 0 fully saturated rings. The predicted molar refractivity (Wildman–Crippen MR) is 73.8 cm³/mol. The molecule has 0 aromatic carbocycles. The summed E-state index contributed by atoms with van der Waals surface area (Å²) < 4.78 is 1.11. The average molecular weight is 342 g/mol. The zero-order valence-electron chi connectivity index (χ0n) is 7.76. The highest BCUT2D eigenvalue weighted by Gasteiger charge is 2.18. The Bertz CT molecular complexity index is 456. The van der Waals surface area contributed by atoms with Gasteiger partial charge in [0, 0.05) is 19.1 Å². The number of rotatable bonds is 2. The van der Waals surface area contributed by atoms with E-state index in [0.29, 0.717) is 0 Å². The lowest BCUT2D eigenvalue weighted by Gasteiger charge is -2.04. The molecular weight excluding hydrogens is 335 g/mol. The topological polar surface area (TPSA) is 0 Å². The monoisotopic (exact) mass is 340 g/mol. The second-order valence-corrected chi connectivity index (χ2v) is 6.98. The first kappa shape index (κ1) is 11.9. The molecule has 0 aliphatic carbocycles. The van der Waals surface area contributed by atoms with Crippen molar-refractivity contribution in [3.05, 3.63) is 41.6 Å². The standard InChI is InChI=1S/C10H7BrCl2S2/c1-5-6(11)4-8(15-5)9(13)10-7(12)2-3-14-10/h2-4,9H,1H3. The highest BCUT2D eigenvalue weighted by atomic mass is 79.9. The van der Waals surface area contributed by atoms with Crippen LogP contribution in [0.4, 0.5) is 0 Å². The number of hydrogen-bond acceptors (Lipinski definition) is 2. The Kier molecular flexibility index (Phi) is 3.79. The van der Waals surface area contributed by atoms with Gasteiger partial charge in [-0.2, -0.15) is 0 Å². The van der Waals surface area contributed by atoms with Gasteiger partial charge in [-0.3, -0.25) is 0 Å². The molecule has 15 heavy (non-hydrogen) atoms. The van der Waals surface area contributed by atoms with Crippen LogP contribution in [0.1, 0.15) is 20.0 Å². The van der Waals surface area contributed by atoms with Crippen molar-refractivity contribution in [3.8, 4) is 0 Å². The molecule has 0 nitrogen and oxygen atoms in total. The molecule has 0 spiro atoms. The summed E-state index contributed by atoms with van der Waals surface area (Å²) in [6, 6.07) is 3.94. The smallest absolute Gasteiger partial charge is 0.103 e. The molecule has 0 radical (unpaired) electrons. The Morgan fingerprint density at radius 2 is 2.20 bits per heavy atom. The van der Waals surface area contributed by atoms with Crippen molar-refractivity contribution in [3.63, 3.8) is 0 Å². The lowest BCUT2D eigenvalue weighted by Crippen LogP contribution is -1.85. The van der Waals surface area contributed by atoms with Gasteiger partial charge in [-0.15, -0.1) is 34.3 Å². The summed E-state index contributed by atoms with van der Waals surface area (Å²) >= 11 is 19.2. The molecule has 2 heterocycles. The first-order valence-corrected chi connectivity index (χ1v) is 7.52. The quantitative estimate of drug-likeness (QED) is 0.600. The molecule has 1 atom stereocenters. The van der Waals surface area contributed by atoms with Crippen LogP contribution in [-0.2, 0) is 0 Å². The van der Waals surface area contributed by atoms with Crippen LogP contribution in [0.5, 0.6) is 0 Å². The van der Waals surface area contributed by atoms with E-state index < -0.39 is 0 Å². The van der Waals surface area contributed by atoms with Crippen LogP contribution in [0.2, 0.25) is 5.02 Å².